The van der Waals surface area contributed by atoms with E-state index < -0.39 is 0 Å². The van der Waals surface area contributed by atoms with Gasteiger partial charge >= 0.3 is 11.9 Å². The molecular formula is C12H27N3O5. The number of hydrazine groups is 1. The lowest BCUT2D eigenvalue weighted by atomic mass is 10.3. The van der Waals surface area contributed by atoms with Gasteiger partial charge in [0.15, 0.2) is 0 Å². The van der Waals surface area contributed by atoms with Gasteiger partial charge in [0.2, 0.25) is 0 Å². The van der Waals surface area contributed by atoms with E-state index in [1.54, 1.807) is 0 Å². The van der Waals surface area contributed by atoms with Gasteiger partial charge in [-0.3, -0.25) is 26.2 Å². The molecule has 0 amide bonds. The Morgan fingerprint density at radius 1 is 0.950 bits per heavy atom. The lowest BCUT2D eigenvalue weighted by molar-refractivity contribution is -0.141. The molecule has 0 atom stereocenters. The Morgan fingerprint density at radius 3 is 1.75 bits per heavy atom. The second kappa shape index (κ2) is 15.8. The second-order valence-corrected chi connectivity index (χ2v) is 3.69. The third kappa shape index (κ3) is 13.2. The molecule has 8 heteroatoms. The molecule has 8 nitrogen and oxygen atoms in total. The normalized spacial score (nSPS) is 9.70. The summed E-state index contributed by atoms with van der Waals surface area (Å²) in [4.78, 5) is 24.1. The van der Waals surface area contributed by atoms with E-state index in [1.165, 1.54) is 14.2 Å². The third-order valence-corrected chi connectivity index (χ3v) is 2.48. The second-order valence-electron chi connectivity index (χ2n) is 3.69. The van der Waals surface area contributed by atoms with Crippen molar-refractivity contribution in [3.63, 3.8) is 0 Å². The zero-order chi connectivity index (χ0) is 15.8. The van der Waals surface area contributed by atoms with Gasteiger partial charge in [0.05, 0.1) is 33.7 Å². The first-order chi connectivity index (χ1) is 9.63. The van der Waals surface area contributed by atoms with Gasteiger partial charge in [0.1, 0.15) is 0 Å². The Bertz CT molecular complexity index is 231. The zero-order valence-electron chi connectivity index (χ0n) is 12.6. The highest BCUT2D eigenvalue weighted by atomic mass is 16.5. The summed E-state index contributed by atoms with van der Waals surface area (Å²) in [6, 6.07) is 0. The van der Waals surface area contributed by atoms with Crippen LogP contribution >= 0.6 is 0 Å². The van der Waals surface area contributed by atoms with E-state index in [4.69, 9.17) is 4.74 Å². The number of carbonyl (C=O) groups is 2. The highest BCUT2D eigenvalue weighted by Crippen LogP contribution is 1.97. The zero-order valence-corrected chi connectivity index (χ0v) is 12.6. The average molecular weight is 293 g/mol. The van der Waals surface area contributed by atoms with Crippen LogP contribution < -0.4 is 11.7 Å². The minimum atomic E-state index is -0.255. The molecular weight excluding hydrogens is 266 g/mol. The molecule has 0 aromatic rings. The van der Waals surface area contributed by atoms with Crippen molar-refractivity contribution >= 4 is 11.9 Å². The molecule has 0 saturated carbocycles. The van der Waals surface area contributed by atoms with Crippen molar-refractivity contribution in [3.05, 3.63) is 0 Å². The van der Waals surface area contributed by atoms with Crippen molar-refractivity contribution in [1.82, 2.24) is 4.90 Å². The van der Waals surface area contributed by atoms with E-state index in [1.807, 2.05) is 11.8 Å². The largest absolute Gasteiger partial charge is 0.469 e. The van der Waals surface area contributed by atoms with Crippen molar-refractivity contribution in [2.45, 2.75) is 19.8 Å². The van der Waals surface area contributed by atoms with Crippen LogP contribution in [-0.4, -0.2) is 63.9 Å². The van der Waals surface area contributed by atoms with Crippen LogP contribution in [0.2, 0.25) is 0 Å². The lowest BCUT2D eigenvalue weighted by Gasteiger charge is -2.20. The summed E-state index contributed by atoms with van der Waals surface area (Å²) in [6.07, 6.45) is 0.619. The maximum atomic E-state index is 11.1. The first kappa shape index (κ1) is 21.1. The fourth-order valence-electron chi connectivity index (χ4n) is 1.38. The van der Waals surface area contributed by atoms with Crippen LogP contribution in [-0.2, 0) is 23.8 Å². The van der Waals surface area contributed by atoms with Gasteiger partial charge in [-0.2, -0.15) is 0 Å². The molecule has 20 heavy (non-hydrogen) atoms. The minimum absolute atomic E-state index is 0.255. The fourth-order valence-corrected chi connectivity index (χ4v) is 1.38. The van der Waals surface area contributed by atoms with Gasteiger partial charge in [0, 0.05) is 26.2 Å². The summed E-state index contributed by atoms with van der Waals surface area (Å²) in [5.41, 5.74) is 0. The van der Waals surface area contributed by atoms with Gasteiger partial charge in [-0.1, -0.05) is 0 Å². The number of hydrogen-bond donors (Lipinski definition) is 2. The van der Waals surface area contributed by atoms with Crippen molar-refractivity contribution in [2.24, 2.45) is 11.7 Å². The molecule has 0 saturated heterocycles. The summed E-state index contributed by atoms with van der Waals surface area (Å²) >= 11 is 0. The van der Waals surface area contributed by atoms with Gasteiger partial charge < -0.3 is 14.2 Å². The number of ether oxygens (including phenoxy) is 3. The van der Waals surface area contributed by atoms with Crippen LogP contribution in [0.1, 0.15) is 19.8 Å². The Labute approximate surface area is 120 Å². The smallest absolute Gasteiger partial charge is 0.306 e. The summed E-state index contributed by atoms with van der Waals surface area (Å²) < 4.78 is 14.4. The Balaban J connectivity index is 0. The molecule has 0 aliphatic heterocycles. The van der Waals surface area contributed by atoms with Gasteiger partial charge in [-0.15, -0.1) is 0 Å². The highest BCUT2D eigenvalue weighted by Gasteiger charge is 2.10. The molecule has 0 fully saturated rings. The minimum Gasteiger partial charge on any atom is -0.469 e. The molecule has 120 valence electrons. The van der Waals surface area contributed by atoms with E-state index >= 15 is 0 Å². The Kier molecular flexibility index (Phi) is 16.7. The Hall–Kier alpha value is -1.22. The molecule has 0 aliphatic rings. The maximum Gasteiger partial charge on any atom is 0.306 e. The highest BCUT2D eigenvalue weighted by molar-refractivity contribution is 5.70. The van der Waals surface area contributed by atoms with E-state index in [-0.39, 0.29) is 11.9 Å². The number of hydrogen-bond acceptors (Lipinski definition) is 8. The van der Waals surface area contributed by atoms with Crippen LogP contribution in [0.5, 0.6) is 0 Å². The quantitative estimate of drug-likeness (QED) is 0.234. The molecule has 4 N–H and O–H groups in total. The van der Waals surface area contributed by atoms with Crippen LogP contribution in [0.3, 0.4) is 0 Å². The van der Waals surface area contributed by atoms with Crippen molar-refractivity contribution in [2.75, 3.05) is 47.1 Å². The third-order valence-electron chi connectivity index (χ3n) is 2.48. The molecule has 0 unspecified atom stereocenters. The van der Waals surface area contributed by atoms with Crippen molar-refractivity contribution < 1.29 is 23.8 Å². The van der Waals surface area contributed by atoms with Gasteiger partial charge in [-0.05, 0) is 6.92 Å². The topological polar surface area (TPSA) is 117 Å². The standard InChI is InChI=1S/C12H23NO5.H4N2/c1-4-18-10-9-13(7-5-11(14)16-2)8-6-12(15)17-3;1-2/h4-10H2,1-3H3;1-2H2. The molecule has 0 aliphatic carbocycles. The first-order valence-electron chi connectivity index (χ1n) is 6.41. The SMILES string of the molecule is CCOCCN(CCC(=O)OC)CCC(=O)OC.NN. The number of nitrogens with two attached hydrogens (primary N) is 2. The fraction of sp³-hybridized carbons (Fsp3) is 0.833. The monoisotopic (exact) mass is 293 g/mol. The van der Waals surface area contributed by atoms with Crippen LogP contribution in [0.15, 0.2) is 0 Å². The number of esters is 2. The van der Waals surface area contributed by atoms with E-state index in [0.717, 1.165) is 0 Å². The van der Waals surface area contributed by atoms with Crippen LogP contribution in [0.25, 0.3) is 0 Å². The van der Waals surface area contributed by atoms with Crippen molar-refractivity contribution in [3.8, 4) is 0 Å². The number of carbonyl (C=O) groups excluding carboxylic acids is 2. The number of methoxy groups -OCH3 is 2. The summed E-state index contributed by atoms with van der Waals surface area (Å²) in [5, 5.41) is 0. The average Bonchev–Trinajstić information content (AvgIpc) is 2.50. The lowest BCUT2D eigenvalue weighted by Crippen LogP contribution is -2.32. The molecule has 0 aromatic heterocycles. The number of rotatable bonds is 10. The predicted molar refractivity (Wildman–Crippen MR) is 74.6 cm³/mol. The van der Waals surface area contributed by atoms with Gasteiger partial charge in [-0.25, -0.2) is 0 Å². The summed E-state index contributed by atoms with van der Waals surface area (Å²) in [7, 11) is 2.72. The van der Waals surface area contributed by atoms with Crippen LogP contribution in [0, 0.1) is 0 Å². The molecule has 0 radical (unpaired) electrons. The summed E-state index contributed by atoms with van der Waals surface area (Å²) in [5.74, 6) is 7.49. The molecule has 0 heterocycles. The van der Waals surface area contributed by atoms with E-state index in [0.29, 0.717) is 45.7 Å². The maximum absolute atomic E-state index is 11.1. The molecule has 0 aromatic carbocycles. The summed E-state index contributed by atoms with van der Waals surface area (Å²) in [6.45, 7) is 4.95. The number of nitrogens with zero attached hydrogens (tertiary/aromatic N) is 1. The van der Waals surface area contributed by atoms with E-state index in [9.17, 15) is 9.59 Å². The molecule has 0 bridgehead atoms. The predicted octanol–water partition coefficient (Wildman–Crippen LogP) is -0.730. The first-order valence-corrected chi connectivity index (χ1v) is 6.41. The van der Waals surface area contributed by atoms with Crippen molar-refractivity contribution in [1.29, 1.82) is 0 Å². The molecule has 0 spiro atoms. The van der Waals surface area contributed by atoms with Crippen LogP contribution in [0.4, 0.5) is 0 Å². The molecule has 0 rings (SSSR count). The van der Waals surface area contributed by atoms with Gasteiger partial charge in [0.25, 0.3) is 0 Å². The Morgan fingerprint density at radius 2 is 1.40 bits per heavy atom. The van der Waals surface area contributed by atoms with E-state index in [2.05, 4.69) is 21.2 Å².